The number of anilines is 1. The monoisotopic (exact) mass is 389 g/mol. The Morgan fingerprint density at radius 3 is 2.26 bits per heavy atom. The molecule has 6 heteroatoms. The Hall–Kier alpha value is -1.95. The first-order chi connectivity index (χ1) is 13.0. The van der Waals surface area contributed by atoms with Crippen LogP contribution in [0.15, 0.2) is 48.5 Å². The molecule has 144 valence electrons. The second-order valence-corrected chi connectivity index (χ2v) is 7.32. The number of piperazine rings is 1. The number of para-hydroxylation sites is 1. The molecule has 0 aromatic heterocycles. The summed E-state index contributed by atoms with van der Waals surface area (Å²) in [6, 6.07) is 14.0. The van der Waals surface area contributed by atoms with Crippen molar-refractivity contribution in [2.45, 2.75) is 25.9 Å². The maximum absolute atomic E-state index is 13.7. The SMILES string of the molecule is CC(C(=O)Nc1ccccc1F)N1CCN(C(C)c2ccccc2Cl)CC1. The predicted octanol–water partition coefficient (Wildman–Crippen LogP) is 4.18. The summed E-state index contributed by atoms with van der Waals surface area (Å²) in [5.74, 6) is -0.607. The Labute approximate surface area is 164 Å². The van der Waals surface area contributed by atoms with Gasteiger partial charge in [-0.05, 0) is 37.6 Å². The third kappa shape index (κ3) is 4.67. The van der Waals surface area contributed by atoms with Gasteiger partial charge in [0, 0.05) is 37.2 Å². The molecular formula is C21H25ClFN3O. The smallest absolute Gasteiger partial charge is 0.241 e. The predicted molar refractivity (Wildman–Crippen MR) is 108 cm³/mol. The zero-order valence-corrected chi connectivity index (χ0v) is 16.4. The molecule has 2 atom stereocenters. The van der Waals surface area contributed by atoms with Crippen molar-refractivity contribution in [2.24, 2.45) is 0 Å². The number of halogens is 2. The highest BCUT2D eigenvalue weighted by atomic mass is 35.5. The number of rotatable bonds is 5. The molecule has 2 aromatic rings. The van der Waals surface area contributed by atoms with Gasteiger partial charge in [0.05, 0.1) is 11.7 Å². The number of nitrogens with one attached hydrogen (secondary N) is 1. The van der Waals surface area contributed by atoms with Gasteiger partial charge in [-0.2, -0.15) is 0 Å². The minimum absolute atomic E-state index is 0.187. The summed E-state index contributed by atoms with van der Waals surface area (Å²) in [5, 5.41) is 3.47. The summed E-state index contributed by atoms with van der Waals surface area (Å²) in [6.45, 7) is 7.28. The largest absolute Gasteiger partial charge is 0.322 e. The number of amides is 1. The fourth-order valence-electron chi connectivity index (χ4n) is 3.49. The van der Waals surface area contributed by atoms with Crippen molar-refractivity contribution >= 4 is 23.2 Å². The van der Waals surface area contributed by atoms with Gasteiger partial charge in [0.25, 0.3) is 0 Å². The highest BCUT2D eigenvalue weighted by molar-refractivity contribution is 6.31. The quantitative estimate of drug-likeness (QED) is 0.833. The molecule has 1 fully saturated rings. The van der Waals surface area contributed by atoms with Crippen molar-refractivity contribution < 1.29 is 9.18 Å². The zero-order chi connectivity index (χ0) is 19.4. The normalized spacial score (nSPS) is 18.1. The van der Waals surface area contributed by atoms with Crippen molar-refractivity contribution in [2.75, 3.05) is 31.5 Å². The van der Waals surface area contributed by atoms with Crippen LogP contribution in [0.25, 0.3) is 0 Å². The second kappa shape index (κ2) is 8.83. The molecule has 0 aliphatic carbocycles. The molecule has 0 spiro atoms. The molecule has 0 saturated carbocycles. The van der Waals surface area contributed by atoms with E-state index in [1.54, 1.807) is 18.2 Å². The molecular weight excluding hydrogens is 365 g/mol. The molecule has 1 amide bonds. The van der Waals surface area contributed by atoms with E-state index >= 15 is 0 Å². The molecule has 1 N–H and O–H groups in total. The number of carbonyl (C=O) groups is 1. The van der Waals surface area contributed by atoms with Crippen LogP contribution in [0.4, 0.5) is 10.1 Å². The Kier molecular flexibility index (Phi) is 6.47. The lowest BCUT2D eigenvalue weighted by Gasteiger charge is -2.40. The third-order valence-electron chi connectivity index (χ3n) is 5.31. The number of hydrogen-bond donors (Lipinski definition) is 1. The van der Waals surface area contributed by atoms with Crippen LogP contribution in [0.5, 0.6) is 0 Å². The average Bonchev–Trinajstić information content (AvgIpc) is 2.69. The van der Waals surface area contributed by atoms with Crippen molar-refractivity contribution in [3.63, 3.8) is 0 Å². The number of carbonyl (C=O) groups excluding carboxylic acids is 1. The summed E-state index contributed by atoms with van der Waals surface area (Å²) in [4.78, 5) is 17.0. The van der Waals surface area contributed by atoms with Crippen LogP contribution >= 0.6 is 11.6 Å². The molecule has 2 unspecified atom stereocenters. The first-order valence-corrected chi connectivity index (χ1v) is 9.63. The van der Waals surface area contributed by atoms with Gasteiger partial charge in [0.2, 0.25) is 5.91 Å². The summed E-state index contributed by atoms with van der Waals surface area (Å²) >= 11 is 6.33. The van der Waals surface area contributed by atoms with Crippen LogP contribution in [0.2, 0.25) is 5.02 Å². The van der Waals surface area contributed by atoms with Gasteiger partial charge in [-0.15, -0.1) is 0 Å². The standard InChI is InChI=1S/C21H25ClFN3O/c1-15(17-7-3-4-8-18(17)22)25-11-13-26(14-12-25)16(2)21(27)24-20-10-6-5-9-19(20)23/h3-10,15-16H,11-14H2,1-2H3,(H,24,27). The van der Waals surface area contributed by atoms with Gasteiger partial charge < -0.3 is 5.32 Å². The fourth-order valence-corrected chi connectivity index (χ4v) is 3.78. The van der Waals surface area contributed by atoms with Gasteiger partial charge in [0.15, 0.2) is 0 Å². The van der Waals surface area contributed by atoms with E-state index < -0.39 is 5.82 Å². The van der Waals surface area contributed by atoms with Gasteiger partial charge in [-0.1, -0.05) is 41.9 Å². The first kappa shape index (κ1) is 19.8. The van der Waals surface area contributed by atoms with E-state index in [0.29, 0.717) is 0 Å². The van der Waals surface area contributed by atoms with Crippen LogP contribution in [0.1, 0.15) is 25.5 Å². The van der Waals surface area contributed by atoms with Crippen LogP contribution in [0, 0.1) is 5.82 Å². The van der Waals surface area contributed by atoms with Crippen molar-refractivity contribution in [3.05, 3.63) is 64.9 Å². The zero-order valence-electron chi connectivity index (χ0n) is 15.7. The fraction of sp³-hybridized carbons (Fsp3) is 0.381. The molecule has 2 aromatic carbocycles. The van der Waals surface area contributed by atoms with Crippen LogP contribution in [0.3, 0.4) is 0 Å². The molecule has 0 radical (unpaired) electrons. The Bertz CT molecular complexity index is 793. The maximum Gasteiger partial charge on any atom is 0.241 e. The Morgan fingerprint density at radius 1 is 1.00 bits per heavy atom. The van der Waals surface area contributed by atoms with Crippen LogP contribution in [-0.4, -0.2) is 47.9 Å². The maximum atomic E-state index is 13.7. The summed E-state index contributed by atoms with van der Waals surface area (Å²) in [6.07, 6.45) is 0. The van der Waals surface area contributed by atoms with E-state index in [2.05, 4.69) is 28.1 Å². The van der Waals surface area contributed by atoms with E-state index in [1.165, 1.54) is 6.07 Å². The lowest BCUT2D eigenvalue weighted by Crippen LogP contribution is -2.53. The lowest BCUT2D eigenvalue weighted by atomic mass is 10.1. The first-order valence-electron chi connectivity index (χ1n) is 9.25. The number of nitrogens with zero attached hydrogens (tertiary/aromatic N) is 2. The molecule has 3 rings (SSSR count). The molecule has 1 heterocycles. The highest BCUT2D eigenvalue weighted by Crippen LogP contribution is 2.28. The summed E-state index contributed by atoms with van der Waals surface area (Å²) in [5.41, 5.74) is 1.35. The van der Waals surface area contributed by atoms with E-state index in [9.17, 15) is 9.18 Å². The minimum Gasteiger partial charge on any atom is -0.322 e. The third-order valence-corrected chi connectivity index (χ3v) is 5.65. The van der Waals surface area contributed by atoms with E-state index in [4.69, 9.17) is 11.6 Å². The molecule has 27 heavy (non-hydrogen) atoms. The average molecular weight is 390 g/mol. The van der Waals surface area contributed by atoms with Gasteiger partial charge >= 0.3 is 0 Å². The minimum atomic E-state index is -0.420. The molecule has 1 aliphatic rings. The summed E-state index contributed by atoms with van der Waals surface area (Å²) in [7, 11) is 0. The summed E-state index contributed by atoms with van der Waals surface area (Å²) < 4.78 is 13.7. The van der Waals surface area contributed by atoms with Crippen molar-refractivity contribution in [3.8, 4) is 0 Å². The van der Waals surface area contributed by atoms with E-state index in [0.717, 1.165) is 36.8 Å². The number of benzene rings is 2. The van der Waals surface area contributed by atoms with Gasteiger partial charge in [-0.25, -0.2) is 4.39 Å². The van der Waals surface area contributed by atoms with E-state index in [1.807, 2.05) is 25.1 Å². The Morgan fingerprint density at radius 2 is 1.59 bits per heavy atom. The van der Waals surface area contributed by atoms with Crippen LogP contribution < -0.4 is 5.32 Å². The topological polar surface area (TPSA) is 35.6 Å². The van der Waals surface area contributed by atoms with Gasteiger partial charge in [-0.3, -0.25) is 14.6 Å². The van der Waals surface area contributed by atoms with Crippen molar-refractivity contribution in [1.29, 1.82) is 0 Å². The van der Waals surface area contributed by atoms with Gasteiger partial charge in [0.1, 0.15) is 5.82 Å². The highest BCUT2D eigenvalue weighted by Gasteiger charge is 2.28. The van der Waals surface area contributed by atoms with Crippen LogP contribution in [-0.2, 0) is 4.79 Å². The molecule has 0 bridgehead atoms. The Balaban J connectivity index is 1.56. The van der Waals surface area contributed by atoms with E-state index in [-0.39, 0.29) is 23.7 Å². The van der Waals surface area contributed by atoms with Crippen molar-refractivity contribution in [1.82, 2.24) is 9.80 Å². The number of hydrogen-bond acceptors (Lipinski definition) is 3. The lowest BCUT2D eigenvalue weighted by molar-refractivity contribution is -0.121. The molecule has 1 aliphatic heterocycles. The molecule has 4 nitrogen and oxygen atoms in total. The molecule has 1 saturated heterocycles. The second-order valence-electron chi connectivity index (χ2n) is 6.91.